The zero-order valence-electron chi connectivity index (χ0n) is 11.6. The van der Waals surface area contributed by atoms with Crippen LogP contribution in [0.4, 0.5) is 10.5 Å². The quantitative estimate of drug-likeness (QED) is 0.378. The summed E-state index contributed by atoms with van der Waals surface area (Å²) in [5.74, 6) is 0. The van der Waals surface area contributed by atoms with Crippen molar-refractivity contribution < 1.29 is 4.79 Å². The summed E-state index contributed by atoms with van der Waals surface area (Å²) in [4.78, 5) is 10.6. The Bertz CT molecular complexity index is 498. The van der Waals surface area contributed by atoms with E-state index in [1.165, 1.54) is 0 Å². The zero-order chi connectivity index (χ0) is 15.0. The Morgan fingerprint density at radius 1 is 1.35 bits per heavy atom. The van der Waals surface area contributed by atoms with Crippen molar-refractivity contribution in [3.05, 3.63) is 29.8 Å². The first-order chi connectivity index (χ1) is 9.52. The maximum absolute atomic E-state index is 10.6. The van der Waals surface area contributed by atoms with Crippen LogP contribution >= 0.6 is 12.2 Å². The molecule has 0 saturated heterocycles. The smallest absolute Gasteiger partial charge is 0.332 e. The summed E-state index contributed by atoms with van der Waals surface area (Å²) in [6, 6.07) is 6.85. The molecule has 0 fully saturated rings. The van der Waals surface area contributed by atoms with Crippen molar-refractivity contribution >= 4 is 34.8 Å². The van der Waals surface area contributed by atoms with Gasteiger partial charge < -0.3 is 16.4 Å². The molecule has 5 N–H and O–H groups in total. The molecule has 20 heavy (non-hydrogen) atoms. The fraction of sp³-hybridized carbons (Fsp3) is 0.308. The van der Waals surface area contributed by atoms with Crippen LogP contribution in [0, 0.1) is 0 Å². The van der Waals surface area contributed by atoms with Crippen LogP contribution in [0.15, 0.2) is 29.4 Å². The van der Waals surface area contributed by atoms with E-state index in [-0.39, 0.29) is 0 Å². The summed E-state index contributed by atoms with van der Waals surface area (Å²) in [7, 11) is 0. The Kier molecular flexibility index (Phi) is 6.45. The summed E-state index contributed by atoms with van der Waals surface area (Å²) >= 11 is 5.15. The summed E-state index contributed by atoms with van der Waals surface area (Å²) in [6.07, 6.45) is 1.02. The minimum atomic E-state index is -0.685. The van der Waals surface area contributed by atoms with Gasteiger partial charge in [-0.15, -0.1) is 0 Å². The van der Waals surface area contributed by atoms with Gasteiger partial charge in [0.2, 0.25) is 0 Å². The molecule has 0 atom stereocenters. The van der Waals surface area contributed by atoms with Gasteiger partial charge in [0.15, 0.2) is 5.11 Å². The molecule has 0 unspecified atom stereocenters. The summed E-state index contributed by atoms with van der Waals surface area (Å²) in [6.45, 7) is 4.70. The Morgan fingerprint density at radius 3 is 2.55 bits per heavy atom. The van der Waals surface area contributed by atoms with Gasteiger partial charge in [-0.25, -0.2) is 10.2 Å². The number of hydrogen-bond donors (Lipinski definition) is 4. The molecule has 0 bridgehead atoms. The highest BCUT2D eigenvalue weighted by Crippen LogP contribution is 2.10. The molecular weight excluding hydrogens is 274 g/mol. The normalized spacial score (nSPS) is 10.8. The number of thiocarbonyl (C=S) groups is 1. The third-order valence-electron chi connectivity index (χ3n) is 2.43. The second kappa shape index (κ2) is 8.11. The SMILES string of the molecule is CCCNC(=S)Nc1ccc(/C(C)=N/NC(N)=O)cc1. The number of nitrogens with one attached hydrogen (secondary N) is 3. The first-order valence-corrected chi connectivity index (χ1v) is 6.68. The van der Waals surface area contributed by atoms with Gasteiger partial charge in [0.1, 0.15) is 0 Å². The number of carbonyl (C=O) groups is 1. The van der Waals surface area contributed by atoms with Gasteiger partial charge in [-0.2, -0.15) is 5.10 Å². The Labute approximate surface area is 123 Å². The van der Waals surface area contributed by atoms with Crippen molar-refractivity contribution in [1.29, 1.82) is 0 Å². The van der Waals surface area contributed by atoms with Crippen LogP contribution in [0.1, 0.15) is 25.8 Å². The summed E-state index contributed by atoms with van der Waals surface area (Å²) in [5.41, 5.74) is 9.58. The molecule has 1 rings (SSSR count). The van der Waals surface area contributed by atoms with Crippen LogP contribution < -0.4 is 21.8 Å². The molecule has 7 heteroatoms. The number of hydrazone groups is 1. The molecule has 0 aliphatic heterocycles. The predicted molar refractivity (Wildman–Crippen MR) is 85.9 cm³/mol. The number of urea groups is 1. The number of rotatable bonds is 5. The van der Waals surface area contributed by atoms with Crippen molar-refractivity contribution in [3.63, 3.8) is 0 Å². The lowest BCUT2D eigenvalue weighted by atomic mass is 10.1. The van der Waals surface area contributed by atoms with E-state index >= 15 is 0 Å². The van der Waals surface area contributed by atoms with Gasteiger partial charge in [-0.1, -0.05) is 19.1 Å². The van der Waals surface area contributed by atoms with E-state index in [1.54, 1.807) is 6.92 Å². The number of carbonyl (C=O) groups excluding carboxylic acids is 1. The van der Waals surface area contributed by atoms with Gasteiger partial charge in [0, 0.05) is 12.2 Å². The van der Waals surface area contributed by atoms with Crippen molar-refractivity contribution in [2.24, 2.45) is 10.8 Å². The third kappa shape index (κ3) is 5.66. The molecule has 0 spiro atoms. The largest absolute Gasteiger partial charge is 0.362 e. The van der Waals surface area contributed by atoms with E-state index < -0.39 is 6.03 Å². The fourth-order valence-corrected chi connectivity index (χ4v) is 1.63. The topological polar surface area (TPSA) is 91.5 Å². The minimum absolute atomic E-state index is 0.598. The lowest BCUT2D eigenvalue weighted by Crippen LogP contribution is -2.28. The molecule has 0 radical (unpaired) electrons. The molecule has 0 aromatic heterocycles. The number of hydrogen-bond acceptors (Lipinski definition) is 3. The van der Waals surface area contributed by atoms with E-state index in [2.05, 4.69) is 28.1 Å². The van der Waals surface area contributed by atoms with Crippen LogP contribution in [0.25, 0.3) is 0 Å². The molecule has 1 aromatic carbocycles. The van der Waals surface area contributed by atoms with E-state index in [0.717, 1.165) is 24.2 Å². The highest BCUT2D eigenvalue weighted by molar-refractivity contribution is 7.80. The lowest BCUT2D eigenvalue weighted by Gasteiger charge is -2.10. The Morgan fingerprint density at radius 2 is 2.00 bits per heavy atom. The number of nitrogens with two attached hydrogens (primary N) is 1. The van der Waals surface area contributed by atoms with Gasteiger partial charge in [-0.3, -0.25) is 0 Å². The Hall–Kier alpha value is -2.15. The van der Waals surface area contributed by atoms with Crippen LogP contribution in [0.3, 0.4) is 0 Å². The molecule has 1 aromatic rings. The summed E-state index contributed by atoms with van der Waals surface area (Å²) < 4.78 is 0. The van der Waals surface area contributed by atoms with Crippen molar-refractivity contribution in [3.8, 4) is 0 Å². The molecule has 2 amide bonds. The molecule has 6 nitrogen and oxygen atoms in total. The van der Waals surface area contributed by atoms with Crippen LogP contribution in [-0.2, 0) is 0 Å². The van der Waals surface area contributed by atoms with E-state index in [0.29, 0.717) is 10.8 Å². The molecular formula is C13H19N5OS. The maximum atomic E-state index is 10.6. The van der Waals surface area contributed by atoms with Gasteiger partial charge in [0.25, 0.3) is 0 Å². The molecule has 0 heterocycles. The standard InChI is InChI=1S/C13H19N5OS/c1-3-8-15-13(20)16-11-6-4-10(5-7-11)9(2)17-18-12(14)19/h4-7H,3,8H2,1-2H3,(H3,14,18,19)(H2,15,16,20)/b17-9+. The number of anilines is 1. The molecule has 0 aliphatic rings. The maximum Gasteiger partial charge on any atom is 0.332 e. The van der Waals surface area contributed by atoms with Crippen LogP contribution in [0.2, 0.25) is 0 Å². The van der Waals surface area contributed by atoms with Crippen LogP contribution in [0.5, 0.6) is 0 Å². The second-order valence-corrected chi connectivity index (χ2v) is 4.54. The third-order valence-corrected chi connectivity index (χ3v) is 2.68. The number of nitrogens with zero attached hydrogens (tertiary/aromatic N) is 1. The average Bonchev–Trinajstić information content (AvgIpc) is 2.43. The number of benzene rings is 1. The Balaban J connectivity index is 2.62. The first kappa shape index (κ1) is 15.9. The van der Waals surface area contributed by atoms with Gasteiger partial charge >= 0.3 is 6.03 Å². The molecule has 0 aliphatic carbocycles. The van der Waals surface area contributed by atoms with Crippen molar-refractivity contribution in [2.45, 2.75) is 20.3 Å². The first-order valence-electron chi connectivity index (χ1n) is 6.28. The zero-order valence-corrected chi connectivity index (χ0v) is 12.4. The highest BCUT2D eigenvalue weighted by Gasteiger charge is 2.00. The summed E-state index contributed by atoms with van der Waals surface area (Å²) in [5, 5.41) is 10.6. The number of amides is 2. The van der Waals surface area contributed by atoms with Gasteiger partial charge in [0.05, 0.1) is 5.71 Å². The lowest BCUT2D eigenvalue weighted by molar-refractivity contribution is 0.249. The monoisotopic (exact) mass is 293 g/mol. The number of primary amides is 1. The van der Waals surface area contributed by atoms with Crippen LogP contribution in [-0.4, -0.2) is 23.4 Å². The van der Waals surface area contributed by atoms with Gasteiger partial charge in [-0.05, 0) is 43.3 Å². The second-order valence-electron chi connectivity index (χ2n) is 4.13. The highest BCUT2D eigenvalue weighted by atomic mass is 32.1. The fourth-order valence-electron chi connectivity index (χ4n) is 1.41. The van der Waals surface area contributed by atoms with Crippen molar-refractivity contribution in [1.82, 2.24) is 10.7 Å². The molecule has 108 valence electrons. The predicted octanol–water partition coefficient (Wildman–Crippen LogP) is 1.78. The van der Waals surface area contributed by atoms with E-state index in [9.17, 15) is 4.79 Å². The van der Waals surface area contributed by atoms with Crippen molar-refractivity contribution in [2.75, 3.05) is 11.9 Å². The van der Waals surface area contributed by atoms with E-state index in [1.807, 2.05) is 24.3 Å². The average molecular weight is 293 g/mol. The molecule has 0 saturated carbocycles. The van der Waals surface area contributed by atoms with E-state index in [4.69, 9.17) is 18.0 Å². The minimum Gasteiger partial charge on any atom is -0.362 e.